The third-order valence-corrected chi connectivity index (χ3v) is 8.52. The lowest BCUT2D eigenvalue weighted by Crippen LogP contribution is -2.53. The van der Waals surface area contributed by atoms with Gasteiger partial charge < -0.3 is 10.2 Å². The van der Waals surface area contributed by atoms with Gasteiger partial charge in [0, 0.05) is 41.9 Å². The van der Waals surface area contributed by atoms with Crippen LogP contribution in [0.5, 0.6) is 0 Å². The minimum absolute atomic E-state index is 0.0310. The Balaban J connectivity index is 1.55. The average molecular weight is 580 g/mol. The first-order chi connectivity index (χ1) is 19.4. The van der Waals surface area contributed by atoms with E-state index in [0.29, 0.717) is 17.2 Å². The Hall–Kier alpha value is -3.36. The Labute approximate surface area is 244 Å². The summed E-state index contributed by atoms with van der Waals surface area (Å²) < 4.78 is 0. The third kappa shape index (κ3) is 8.57. The van der Waals surface area contributed by atoms with E-state index < -0.39 is 11.0 Å². The van der Waals surface area contributed by atoms with E-state index in [1.807, 2.05) is 48.5 Å². The number of amides is 2. The molecule has 9 heteroatoms. The molecule has 0 bridgehead atoms. The summed E-state index contributed by atoms with van der Waals surface area (Å²) in [6, 6.07) is 22.9. The molecule has 40 heavy (non-hydrogen) atoms. The Morgan fingerprint density at radius 3 is 2.30 bits per heavy atom. The van der Waals surface area contributed by atoms with E-state index >= 15 is 0 Å². The second-order valence-electron chi connectivity index (χ2n) is 10.1. The summed E-state index contributed by atoms with van der Waals surface area (Å²) in [6.45, 7) is 0.214. The highest BCUT2D eigenvalue weighted by Gasteiger charge is 2.32. The molecule has 210 valence electrons. The largest absolute Gasteiger partial charge is 0.352 e. The lowest BCUT2D eigenvalue weighted by atomic mass is 9.94. The van der Waals surface area contributed by atoms with Crippen LogP contribution in [0.3, 0.4) is 0 Å². The molecular formula is C31H34ClN3O4S. The fourth-order valence-electron chi connectivity index (χ4n) is 4.96. The van der Waals surface area contributed by atoms with Gasteiger partial charge >= 0.3 is 0 Å². The molecule has 2 amide bonds. The molecule has 1 atom stereocenters. The zero-order valence-corrected chi connectivity index (χ0v) is 23.9. The van der Waals surface area contributed by atoms with Crippen molar-refractivity contribution in [3.05, 3.63) is 111 Å². The number of nitro benzene ring substituents is 1. The standard InChI is InChI=1S/C31H34ClN3O4S/c32-28-14-8-7-11-25(28)20-34(30(36)22-40-21-24-15-17-27(18-16-24)35(38)39)29(19-23-9-3-1-4-10-23)31(37)33-26-12-5-2-6-13-26/h1,3-4,7-11,14-18,26,29H,2,5-6,12-13,19-22H2,(H,33,37)/t29-/m0/s1. The van der Waals surface area contributed by atoms with Crippen molar-refractivity contribution in [3.8, 4) is 0 Å². The molecule has 0 radical (unpaired) electrons. The van der Waals surface area contributed by atoms with Crippen molar-refractivity contribution >= 4 is 40.9 Å². The minimum Gasteiger partial charge on any atom is -0.352 e. The number of hydrogen-bond acceptors (Lipinski definition) is 5. The molecule has 3 aromatic carbocycles. The van der Waals surface area contributed by atoms with Gasteiger partial charge in [0.05, 0.1) is 10.7 Å². The number of carbonyl (C=O) groups is 2. The lowest BCUT2D eigenvalue weighted by Gasteiger charge is -2.33. The summed E-state index contributed by atoms with van der Waals surface area (Å²) in [5, 5.41) is 14.7. The van der Waals surface area contributed by atoms with Gasteiger partial charge in [-0.05, 0) is 35.6 Å². The number of thioether (sulfide) groups is 1. The Morgan fingerprint density at radius 2 is 1.62 bits per heavy atom. The highest BCUT2D eigenvalue weighted by Crippen LogP contribution is 2.24. The van der Waals surface area contributed by atoms with Crippen LogP contribution in [-0.4, -0.2) is 39.5 Å². The minimum atomic E-state index is -0.701. The van der Waals surface area contributed by atoms with Gasteiger partial charge in [0.25, 0.3) is 5.69 Å². The first kappa shape index (κ1) is 29.6. The van der Waals surface area contributed by atoms with E-state index in [-0.39, 0.29) is 35.8 Å². The van der Waals surface area contributed by atoms with Crippen molar-refractivity contribution in [1.82, 2.24) is 10.2 Å². The van der Waals surface area contributed by atoms with Crippen LogP contribution in [0.2, 0.25) is 5.02 Å². The summed E-state index contributed by atoms with van der Waals surface area (Å²) in [5.41, 5.74) is 2.67. The Morgan fingerprint density at radius 1 is 0.950 bits per heavy atom. The fraction of sp³-hybridized carbons (Fsp3) is 0.355. The van der Waals surface area contributed by atoms with E-state index in [4.69, 9.17) is 11.6 Å². The molecular weight excluding hydrogens is 546 g/mol. The zero-order chi connectivity index (χ0) is 28.3. The van der Waals surface area contributed by atoms with Crippen molar-refractivity contribution in [2.75, 3.05) is 5.75 Å². The number of hydrogen-bond donors (Lipinski definition) is 1. The second kappa shape index (κ2) is 14.9. The second-order valence-corrected chi connectivity index (χ2v) is 11.5. The van der Waals surface area contributed by atoms with E-state index in [1.165, 1.54) is 30.3 Å². The summed E-state index contributed by atoms with van der Waals surface area (Å²) in [4.78, 5) is 39.8. The van der Waals surface area contributed by atoms with Crippen LogP contribution in [0, 0.1) is 10.1 Å². The Kier molecular flexibility index (Phi) is 11.0. The number of non-ortho nitro benzene ring substituents is 1. The molecule has 0 spiro atoms. The predicted molar refractivity (Wildman–Crippen MR) is 160 cm³/mol. The number of halogens is 1. The van der Waals surface area contributed by atoms with Gasteiger partial charge in [-0.2, -0.15) is 0 Å². The highest BCUT2D eigenvalue weighted by molar-refractivity contribution is 7.99. The molecule has 0 saturated heterocycles. The fourth-order valence-corrected chi connectivity index (χ4v) is 6.03. The summed E-state index contributed by atoms with van der Waals surface area (Å²) in [5.74, 6) is 0.369. The molecule has 1 N–H and O–H groups in total. The zero-order valence-electron chi connectivity index (χ0n) is 22.3. The number of nitrogens with one attached hydrogen (secondary N) is 1. The molecule has 0 aliphatic heterocycles. The topological polar surface area (TPSA) is 92.6 Å². The molecule has 3 aromatic rings. The molecule has 1 fully saturated rings. The first-order valence-electron chi connectivity index (χ1n) is 13.6. The van der Waals surface area contributed by atoms with Crippen molar-refractivity contribution < 1.29 is 14.5 Å². The number of rotatable bonds is 12. The van der Waals surface area contributed by atoms with Crippen LogP contribution in [0.4, 0.5) is 5.69 Å². The molecule has 0 unspecified atom stereocenters. The van der Waals surface area contributed by atoms with Gasteiger partial charge in [-0.1, -0.05) is 91.5 Å². The van der Waals surface area contributed by atoms with Crippen molar-refractivity contribution in [3.63, 3.8) is 0 Å². The Bertz CT molecular complexity index is 1280. The maximum absolute atomic E-state index is 13.8. The third-order valence-electron chi connectivity index (χ3n) is 7.16. The molecule has 0 aromatic heterocycles. The normalized spacial score (nSPS) is 14.3. The molecule has 4 rings (SSSR count). The van der Waals surface area contributed by atoms with Crippen molar-refractivity contribution in [2.24, 2.45) is 0 Å². The molecule has 1 aliphatic rings. The highest BCUT2D eigenvalue weighted by atomic mass is 35.5. The van der Waals surface area contributed by atoms with Gasteiger partial charge in [-0.15, -0.1) is 11.8 Å². The van der Waals surface area contributed by atoms with Crippen molar-refractivity contribution in [2.45, 2.75) is 62.9 Å². The van der Waals surface area contributed by atoms with Gasteiger partial charge in [-0.25, -0.2) is 0 Å². The molecule has 7 nitrogen and oxygen atoms in total. The summed E-state index contributed by atoms with van der Waals surface area (Å²) in [7, 11) is 0. The van der Waals surface area contributed by atoms with Crippen LogP contribution in [-0.2, 0) is 28.3 Å². The molecule has 1 saturated carbocycles. The van der Waals surface area contributed by atoms with Gasteiger partial charge in [0.2, 0.25) is 11.8 Å². The number of nitrogens with zero attached hydrogens (tertiary/aromatic N) is 2. The number of nitro groups is 1. The summed E-state index contributed by atoms with van der Waals surface area (Å²) >= 11 is 7.92. The maximum atomic E-state index is 13.8. The first-order valence-corrected chi connectivity index (χ1v) is 15.1. The number of carbonyl (C=O) groups excluding carboxylic acids is 2. The van der Waals surface area contributed by atoms with E-state index in [9.17, 15) is 19.7 Å². The molecule has 1 aliphatic carbocycles. The molecule has 0 heterocycles. The van der Waals surface area contributed by atoms with Crippen LogP contribution >= 0.6 is 23.4 Å². The van der Waals surface area contributed by atoms with Crippen LogP contribution in [0.1, 0.15) is 48.8 Å². The number of benzene rings is 3. The van der Waals surface area contributed by atoms with E-state index in [0.717, 1.165) is 42.4 Å². The maximum Gasteiger partial charge on any atom is 0.269 e. The van der Waals surface area contributed by atoms with Crippen LogP contribution in [0.25, 0.3) is 0 Å². The summed E-state index contributed by atoms with van der Waals surface area (Å²) in [6.07, 6.45) is 5.66. The van der Waals surface area contributed by atoms with Gasteiger partial charge in [-0.3, -0.25) is 19.7 Å². The van der Waals surface area contributed by atoms with E-state index in [2.05, 4.69) is 5.32 Å². The van der Waals surface area contributed by atoms with Crippen molar-refractivity contribution in [1.29, 1.82) is 0 Å². The van der Waals surface area contributed by atoms with E-state index in [1.54, 1.807) is 23.1 Å². The van der Waals surface area contributed by atoms with Crippen LogP contribution < -0.4 is 5.32 Å². The average Bonchev–Trinajstić information content (AvgIpc) is 2.97. The van der Waals surface area contributed by atoms with Gasteiger partial charge in [0.15, 0.2) is 0 Å². The SMILES string of the molecule is O=C(NC1CCCCC1)[C@H](Cc1ccccc1)N(Cc1ccccc1Cl)C(=O)CSCc1ccc([N+](=O)[O-])cc1. The smallest absolute Gasteiger partial charge is 0.269 e. The monoisotopic (exact) mass is 579 g/mol. The quantitative estimate of drug-likeness (QED) is 0.193. The van der Waals surface area contributed by atoms with Crippen LogP contribution in [0.15, 0.2) is 78.9 Å². The van der Waals surface area contributed by atoms with Gasteiger partial charge in [0.1, 0.15) is 6.04 Å². The lowest BCUT2D eigenvalue weighted by molar-refractivity contribution is -0.384. The predicted octanol–water partition coefficient (Wildman–Crippen LogP) is 6.57.